The number of carbonyl (C=O) groups excluding carboxylic acids is 1. The van der Waals surface area contributed by atoms with Gasteiger partial charge in [0.1, 0.15) is 5.75 Å². The summed E-state index contributed by atoms with van der Waals surface area (Å²) in [5, 5.41) is 2.61. The zero-order chi connectivity index (χ0) is 25.8. The summed E-state index contributed by atoms with van der Waals surface area (Å²) in [6.45, 7) is 5.67. The highest BCUT2D eigenvalue weighted by Crippen LogP contribution is 2.32. The number of rotatable bonds is 8. The Kier molecular flexibility index (Phi) is 8.70. The third kappa shape index (κ3) is 6.90. The molecular weight excluding hydrogens is 511 g/mol. The van der Waals surface area contributed by atoms with E-state index < -0.39 is 10.0 Å². The smallest absolute Gasteiger partial charge is 0.297 e. The van der Waals surface area contributed by atoms with Crippen LogP contribution in [0.2, 0.25) is 0 Å². The molecule has 10 heteroatoms. The molecule has 0 aliphatic carbocycles. The van der Waals surface area contributed by atoms with Crippen LogP contribution in [0.25, 0.3) is 5.69 Å². The molecule has 3 aromatic rings. The largest absolute Gasteiger partial charge is 0.466 e. The Labute approximate surface area is 219 Å². The second kappa shape index (κ2) is 11.3. The third-order valence-electron chi connectivity index (χ3n) is 5.18. The molecule has 0 spiro atoms. The minimum atomic E-state index is -1.86. The molecule has 0 bridgehead atoms. The lowest BCUT2D eigenvalue weighted by atomic mass is 10.1. The molecule has 7 nitrogen and oxygen atoms in total. The van der Waals surface area contributed by atoms with E-state index in [0.717, 1.165) is 16.9 Å². The normalized spacial score (nSPS) is 12.8. The topological polar surface area (TPSA) is 77.6 Å². The van der Waals surface area contributed by atoms with Gasteiger partial charge in [-0.15, -0.1) is 0 Å². The first kappa shape index (κ1) is 26.9. The highest BCUT2D eigenvalue weighted by Gasteiger charge is 2.36. The first-order valence-electron chi connectivity index (χ1n) is 11.0. The molecule has 1 N–H and O–H groups in total. The van der Waals surface area contributed by atoms with E-state index in [1.54, 1.807) is 39.8 Å². The van der Waals surface area contributed by atoms with Crippen molar-refractivity contribution in [2.45, 2.75) is 37.2 Å². The van der Waals surface area contributed by atoms with Gasteiger partial charge in [-0.1, -0.05) is 66.8 Å². The van der Waals surface area contributed by atoms with E-state index in [-0.39, 0.29) is 23.8 Å². The summed E-state index contributed by atoms with van der Waals surface area (Å²) >= 11 is 18.0. The molecule has 2 aromatic carbocycles. The van der Waals surface area contributed by atoms with Gasteiger partial charge in [0, 0.05) is 19.7 Å². The van der Waals surface area contributed by atoms with E-state index in [1.807, 2.05) is 58.2 Å². The fourth-order valence-corrected chi connectivity index (χ4v) is 3.66. The summed E-state index contributed by atoms with van der Waals surface area (Å²) in [6, 6.07) is 16.2. The predicted octanol–water partition coefficient (Wildman–Crippen LogP) is 5.47. The van der Waals surface area contributed by atoms with Crippen molar-refractivity contribution in [3.05, 3.63) is 76.2 Å². The fourth-order valence-electron chi connectivity index (χ4n) is 3.36. The van der Waals surface area contributed by atoms with Crippen molar-refractivity contribution in [1.82, 2.24) is 14.7 Å². The number of hydrogen-bond donors (Lipinski definition) is 1. The lowest BCUT2D eigenvalue weighted by Crippen LogP contribution is -2.48. The quantitative estimate of drug-likeness (QED) is 0.235. The van der Waals surface area contributed by atoms with Crippen LogP contribution < -0.4 is 15.6 Å². The van der Waals surface area contributed by atoms with Crippen LogP contribution in [0, 0.1) is 12.8 Å². The Bertz CT molecular complexity index is 1240. The minimum absolute atomic E-state index is 0.148. The van der Waals surface area contributed by atoms with Gasteiger partial charge in [-0.2, -0.15) is 0 Å². The standard InChI is InChI=1S/C25H27Cl3N4O3/c1-16(2)14-21(33)30-24(25(26,27)28)35-20-12-10-18(11-13-20)15-29-22-17(3)31(4)32(23(22)34)19-8-6-5-7-9-19/h5-13,15-16,24H,14H2,1-4H3,(H,30,33)/t24-/m1/s1. The van der Waals surface area contributed by atoms with Crippen molar-refractivity contribution in [2.75, 3.05) is 0 Å². The number of benzene rings is 2. The molecule has 3 rings (SSSR count). The Morgan fingerprint density at radius 2 is 1.74 bits per heavy atom. The first-order valence-corrected chi connectivity index (χ1v) is 12.1. The minimum Gasteiger partial charge on any atom is -0.466 e. The van der Waals surface area contributed by atoms with Crippen LogP contribution in [0.3, 0.4) is 0 Å². The first-order chi connectivity index (χ1) is 16.5. The summed E-state index contributed by atoms with van der Waals surface area (Å²) in [4.78, 5) is 29.6. The van der Waals surface area contributed by atoms with Crippen molar-refractivity contribution in [3.63, 3.8) is 0 Å². The van der Waals surface area contributed by atoms with Crippen molar-refractivity contribution in [3.8, 4) is 11.4 Å². The molecule has 1 heterocycles. The summed E-state index contributed by atoms with van der Waals surface area (Å²) in [7, 11) is 1.82. The Morgan fingerprint density at radius 1 is 1.11 bits per heavy atom. The number of hydrogen-bond acceptors (Lipinski definition) is 4. The highest BCUT2D eigenvalue weighted by atomic mass is 35.6. The van der Waals surface area contributed by atoms with Crippen LogP contribution in [0.1, 0.15) is 31.5 Å². The monoisotopic (exact) mass is 536 g/mol. The number of para-hydroxylation sites is 1. The van der Waals surface area contributed by atoms with Gasteiger partial charge in [0.05, 0.1) is 11.4 Å². The number of nitrogens with one attached hydrogen (secondary N) is 1. The summed E-state index contributed by atoms with van der Waals surface area (Å²) < 4.78 is 7.20. The zero-order valence-electron chi connectivity index (χ0n) is 19.8. The van der Waals surface area contributed by atoms with Crippen molar-refractivity contribution < 1.29 is 9.53 Å². The molecule has 186 valence electrons. The van der Waals surface area contributed by atoms with E-state index in [1.165, 1.54) is 0 Å². The number of aromatic nitrogens is 2. The summed E-state index contributed by atoms with van der Waals surface area (Å²) in [5.74, 6) is 0.264. The van der Waals surface area contributed by atoms with Gasteiger partial charge in [0.2, 0.25) is 15.9 Å². The van der Waals surface area contributed by atoms with Gasteiger partial charge < -0.3 is 10.1 Å². The number of carbonyl (C=O) groups is 1. The Morgan fingerprint density at radius 3 is 2.31 bits per heavy atom. The zero-order valence-corrected chi connectivity index (χ0v) is 22.1. The molecule has 35 heavy (non-hydrogen) atoms. The number of aliphatic imine (C=N–C) groups is 1. The maximum Gasteiger partial charge on any atom is 0.297 e. The van der Waals surface area contributed by atoms with Crippen LogP contribution in [0.15, 0.2) is 64.4 Å². The lowest BCUT2D eigenvalue weighted by molar-refractivity contribution is -0.124. The molecule has 1 aromatic heterocycles. The van der Waals surface area contributed by atoms with Gasteiger partial charge in [-0.05, 0) is 54.8 Å². The number of amides is 1. The molecule has 0 aliphatic heterocycles. The molecular formula is C25H27Cl3N4O3. The van der Waals surface area contributed by atoms with Gasteiger partial charge in [-0.3, -0.25) is 14.3 Å². The highest BCUT2D eigenvalue weighted by molar-refractivity contribution is 6.68. The fraction of sp³-hybridized carbons (Fsp3) is 0.320. The van der Waals surface area contributed by atoms with Crippen molar-refractivity contribution in [2.24, 2.45) is 18.0 Å². The number of halogens is 3. The van der Waals surface area contributed by atoms with Gasteiger partial charge >= 0.3 is 0 Å². The van der Waals surface area contributed by atoms with E-state index in [9.17, 15) is 9.59 Å². The molecule has 0 saturated carbocycles. The van der Waals surface area contributed by atoms with Gasteiger partial charge in [0.25, 0.3) is 5.56 Å². The van der Waals surface area contributed by atoms with E-state index in [2.05, 4.69) is 10.3 Å². The van der Waals surface area contributed by atoms with Gasteiger partial charge in [-0.25, -0.2) is 9.67 Å². The predicted molar refractivity (Wildman–Crippen MR) is 142 cm³/mol. The van der Waals surface area contributed by atoms with Crippen molar-refractivity contribution >= 4 is 52.6 Å². The van der Waals surface area contributed by atoms with E-state index in [4.69, 9.17) is 39.5 Å². The average Bonchev–Trinajstić information content (AvgIpc) is 3.00. The molecule has 0 radical (unpaired) electrons. The van der Waals surface area contributed by atoms with Crippen LogP contribution in [0.5, 0.6) is 5.75 Å². The summed E-state index contributed by atoms with van der Waals surface area (Å²) in [6.07, 6.45) is 0.710. The second-order valence-corrected chi connectivity index (χ2v) is 10.8. The number of alkyl halides is 3. The second-order valence-electron chi connectivity index (χ2n) is 8.44. The van der Waals surface area contributed by atoms with Gasteiger partial charge in [0.15, 0.2) is 5.69 Å². The van der Waals surface area contributed by atoms with Crippen LogP contribution in [0.4, 0.5) is 5.69 Å². The summed E-state index contributed by atoms with van der Waals surface area (Å²) in [5.41, 5.74) is 2.36. The average molecular weight is 538 g/mol. The molecule has 1 atom stereocenters. The molecule has 1 amide bonds. The van der Waals surface area contributed by atoms with Crippen LogP contribution in [-0.2, 0) is 11.8 Å². The maximum atomic E-state index is 13.0. The molecule has 0 fully saturated rings. The lowest BCUT2D eigenvalue weighted by Gasteiger charge is -2.26. The SMILES string of the molecule is Cc1c(N=Cc2ccc(O[C@@H](NC(=O)CC(C)C)C(Cl)(Cl)Cl)cc2)c(=O)n(-c2ccccc2)n1C. The third-order valence-corrected chi connectivity index (χ3v) is 5.78. The van der Waals surface area contributed by atoms with Crippen LogP contribution in [-0.4, -0.2) is 31.5 Å². The Hall–Kier alpha value is -2.74. The van der Waals surface area contributed by atoms with E-state index >= 15 is 0 Å². The molecule has 0 aliphatic rings. The number of ether oxygens (including phenoxy) is 1. The maximum absolute atomic E-state index is 13.0. The Balaban J connectivity index is 1.77. The van der Waals surface area contributed by atoms with Crippen molar-refractivity contribution in [1.29, 1.82) is 0 Å². The van der Waals surface area contributed by atoms with E-state index in [0.29, 0.717) is 11.4 Å². The number of nitrogens with zero attached hydrogens (tertiary/aromatic N) is 3. The van der Waals surface area contributed by atoms with Crippen LogP contribution >= 0.6 is 34.8 Å². The molecule has 0 unspecified atom stereocenters. The molecule has 0 saturated heterocycles.